The Balaban J connectivity index is 1.42. The van der Waals surface area contributed by atoms with E-state index in [0.717, 1.165) is 4.90 Å². The summed E-state index contributed by atoms with van der Waals surface area (Å²) in [6.45, 7) is 0.795. The highest BCUT2D eigenvalue weighted by Gasteiger charge is 2.56. The normalized spacial score (nSPS) is 18.3. The summed E-state index contributed by atoms with van der Waals surface area (Å²) in [6, 6.07) is 24.7. The number of benzene rings is 3. The number of alkyl halides is 3. The lowest BCUT2D eigenvalue weighted by Gasteiger charge is -2.41. The number of fused-ring (bicyclic) bond motifs is 1. The molecule has 2 aliphatic rings. The average molecular weight is 698 g/mol. The fourth-order valence-electron chi connectivity index (χ4n) is 4.10. The predicted octanol–water partition coefficient (Wildman–Crippen LogP) is 7.18. The molecule has 44 heavy (non-hydrogen) atoms. The van der Waals surface area contributed by atoms with Crippen LogP contribution in [0, 0.1) is 0 Å². The first kappa shape index (κ1) is 32.1. The highest BCUT2D eigenvalue weighted by atomic mass is 35.6. The lowest BCUT2D eigenvalue weighted by Crippen LogP contribution is -2.61. The van der Waals surface area contributed by atoms with Crippen LogP contribution in [0.5, 0.6) is 17.2 Å². The molecule has 0 aliphatic carbocycles. The van der Waals surface area contributed by atoms with E-state index >= 15 is 0 Å². The van der Waals surface area contributed by atoms with Gasteiger partial charge in [-0.15, -0.1) is 0 Å². The van der Waals surface area contributed by atoms with Crippen molar-refractivity contribution in [1.82, 2.24) is 4.90 Å². The Hall–Kier alpha value is -3.34. The van der Waals surface area contributed by atoms with Crippen LogP contribution in [0.1, 0.15) is 6.92 Å². The number of β-lactam (4-membered cyclic amide) rings is 1. The van der Waals surface area contributed by atoms with Gasteiger partial charge in [-0.1, -0.05) is 101 Å². The van der Waals surface area contributed by atoms with Gasteiger partial charge in [-0.05, 0) is 43.3 Å². The molecule has 10 nitrogen and oxygen atoms in total. The van der Waals surface area contributed by atoms with Crippen molar-refractivity contribution < 1.29 is 37.2 Å². The number of para-hydroxylation sites is 3. The van der Waals surface area contributed by atoms with Gasteiger partial charge < -0.3 is 23.0 Å². The molecule has 2 heterocycles. The zero-order chi connectivity index (χ0) is 31.3. The number of ether oxygens (including phenoxy) is 2. The average Bonchev–Trinajstić information content (AvgIpc) is 3.37. The first-order valence-corrected chi connectivity index (χ1v) is 16.5. The van der Waals surface area contributed by atoms with E-state index in [1.54, 1.807) is 72.8 Å². The van der Waals surface area contributed by atoms with Crippen LogP contribution < -0.4 is 13.8 Å². The number of phosphoric ester groups is 1. The van der Waals surface area contributed by atoms with Gasteiger partial charge in [0.1, 0.15) is 46.6 Å². The maximum absolute atomic E-state index is 14.1. The minimum absolute atomic E-state index is 0.111. The molecule has 1 fully saturated rings. The summed E-state index contributed by atoms with van der Waals surface area (Å²) in [5.74, 6) is -0.919. The van der Waals surface area contributed by atoms with Crippen LogP contribution in [0.15, 0.2) is 107 Å². The third kappa shape index (κ3) is 8.02. The van der Waals surface area contributed by atoms with Gasteiger partial charge in [0.05, 0.1) is 0 Å². The van der Waals surface area contributed by atoms with Crippen molar-refractivity contribution >= 4 is 71.3 Å². The van der Waals surface area contributed by atoms with Crippen molar-refractivity contribution in [2.24, 2.45) is 4.99 Å². The van der Waals surface area contributed by atoms with Crippen LogP contribution in [0.3, 0.4) is 0 Å². The molecule has 3 aromatic rings. The van der Waals surface area contributed by atoms with E-state index in [1.165, 1.54) is 18.7 Å². The minimum Gasteiger partial charge on any atom is -0.487 e. The van der Waals surface area contributed by atoms with E-state index in [2.05, 4.69) is 4.99 Å². The van der Waals surface area contributed by atoms with Crippen LogP contribution in [0.25, 0.3) is 0 Å². The Kier molecular flexibility index (Phi) is 10.0. The highest BCUT2D eigenvalue weighted by Crippen LogP contribution is 2.52. The summed E-state index contributed by atoms with van der Waals surface area (Å²) in [7, 11) is -4.53. The maximum Gasteiger partial charge on any atom is 0.646 e. The van der Waals surface area contributed by atoms with Gasteiger partial charge in [-0.2, -0.15) is 4.57 Å². The maximum atomic E-state index is 14.1. The van der Waals surface area contributed by atoms with Crippen LogP contribution in [-0.2, 0) is 23.4 Å². The van der Waals surface area contributed by atoms with Crippen LogP contribution in [0.4, 0.5) is 0 Å². The number of hydrogen-bond acceptors (Lipinski definition) is 10. The largest absolute Gasteiger partial charge is 0.646 e. The molecule has 1 saturated heterocycles. The second-order valence-electron chi connectivity index (χ2n) is 9.23. The SMILES string of the molecule is CC(OP(=O)(Oc1ccccc1)Oc1ccccc1)=C(C(=O)OCC(Cl)(Cl)Cl)N1C(=O)C2N=C(COc3ccccc3)SC21. The Morgan fingerprint density at radius 2 is 1.43 bits per heavy atom. The Labute approximate surface area is 272 Å². The molecule has 0 bridgehead atoms. The molecule has 2 atom stereocenters. The Bertz CT molecular complexity index is 1560. The Morgan fingerprint density at radius 3 is 1.95 bits per heavy atom. The summed E-state index contributed by atoms with van der Waals surface area (Å²) < 4.78 is 40.2. The lowest BCUT2D eigenvalue weighted by molar-refractivity contribution is -0.150. The monoisotopic (exact) mass is 696 g/mol. The third-order valence-electron chi connectivity index (χ3n) is 5.96. The number of hydrogen-bond donors (Lipinski definition) is 0. The second-order valence-corrected chi connectivity index (χ2v) is 14.4. The molecule has 0 aromatic heterocycles. The fraction of sp³-hybridized carbons (Fsp3) is 0.207. The summed E-state index contributed by atoms with van der Waals surface area (Å²) in [4.78, 5) is 32.3. The molecule has 0 spiro atoms. The number of likely N-dealkylation sites (tertiary alicyclic amines) is 1. The number of esters is 1. The molecule has 0 N–H and O–H groups in total. The summed E-state index contributed by atoms with van der Waals surface area (Å²) in [5, 5.41) is -0.104. The lowest BCUT2D eigenvalue weighted by atomic mass is 10.1. The van der Waals surface area contributed by atoms with Crippen molar-refractivity contribution in [3.63, 3.8) is 0 Å². The molecule has 2 aliphatic heterocycles. The molecule has 2 unspecified atom stereocenters. The van der Waals surface area contributed by atoms with E-state index < -0.39 is 41.5 Å². The van der Waals surface area contributed by atoms with Crippen molar-refractivity contribution in [2.45, 2.75) is 22.1 Å². The van der Waals surface area contributed by atoms with Gasteiger partial charge in [0, 0.05) is 0 Å². The Morgan fingerprint density at radius 1 is 0.909 bits per heavy atom. The zero-order valence-electron chi connectivity index (χ0n) is 22.9. The molecular weight excluding hydrogens is 674 g/mol. The standard InChI is InChI=1S/C29H24Cl3N2O8PS/c1-19(40-43(37,41-21-13-7-3-8-14-21)42-22-15-9-4-10-16-22)25(28(36)39-18-29(30,31)32)34-26(35)24-27(34)44-23(33-24)17-38-20-11-5-2-6-12-20/h2-16,24,27H,17-18H2,1H3. The first-order chi connectivity index (χ1) is 21.0. The van der Waals surface area contributed by atoms with Gasteiger partial charge >= 0.3 is 13.8 Å². The number of nitrogens with zero attached hydrogens (tertiary/aromatic N) is 2. The summed E-state index contributed by atoms with van der Waals surface area (Å²) >= 11 is 18.6. The number of amides is 1. The number of thioether (sulfide) groups is 1. The smallest absolute Gasteiger partial charge is 0.487 e. The van der Waals surface area contributed by atoms with Gasteiger partial charge in [-0.25, -0.2) is 4.79 Å². The highest BCUT2D eigenvalue weighted by molar-refractivity contribution is 8.15. The molecule has 3 aromatic carbocycles. The van der Waals surface area contributed by atoms with E-state index in [1.807, 2.05) is 18.2 Å². The third-order valence-corrected chi connectivity index (χ3v) is 8.86. The van der Waals surface area contributed by atoms with Crippen molar-refractivity contribution in [3.8, 4) is 17.2 Å². The van der Waals surface area contributed by atoms with Gasteiger partial charge in [0.15, 0.2) is 11.7 Å². The number of allylic oxidation sites excluding steroid dienone is 1. The molecule has 0 saturated carbocycles. The number of halogens is 3. The number of phosphoric acid groups is 1. The van der Waals surface area contributed by atoms with E-state index in [0.29, 0.717) is 10.8 Å². The molecule has 1 amide bonds. The molecule has 15 heteroatoms. The van der Waals surface area contributed by atoms with Gasteiger partial charge in [0.2, 0.25) is 3.79 Å². The van der Waals surface area contributed by atoms with E-state index in [-0.39, 0.29) is 29.6 Å². The number of rotatable bonds is 12. The van der Waals surface area contributed by atoms with Crippen LogP contribution in [-0.4, -0.2) is 50.2 Å². The topological polar surface area (TPSA) is 113 Å². The molecule has 230 valence electrons. The summed E-state index contributed by atoms with van der Waals surface area (Å²) in [6.07, 6.45) is 0. The number of carbonyl (C=O) groups excluding carboxylic acids is 2. The predicted molar refractivity (Wildman–Crippen MR) is 168 cm³/mol. The van der Waals surface area contributed by atoms with E-state index in [9.17, 15) is 14.2 Å². The van der Waals surface area contributed by atoms with E-state index in [4.69, 9.17) is 57.8 Å². The summed E-state index contributed by atoms with van der Waals surface area (Å²) in [5.41, 5.74) is -0.382. The first-order valence-electron chi connectivity index (χ1n) is 13.0. The molecular formula is C29H24Cl3N2O8PS. The zero-order valence-corrected chi connectivity index (χ0v) is 26.9. The van der Waals surface area contributed by atoms with Crippen LogP contribution >= 0.6 is 54.4 Å². The van der Waals surface area contributed by atoms with Crippen LogP contribution in [0.2, 0.25) is 0 Å². The van der Waals surface area contributed by atoms with Gasteiger partial charge in [-0.3, -0.25) is 14.7 Å². The number of carbonyl (C=O) groups is 2. The van der Waals surface area contributed by atoms with Gasteiger partial charge in [0.25, 0.3) is 5.91 Å². The second kappa shape index (κ2) is 13.7. The minimum atomic E-state index is -4.53. The quantitative estimate of drug-likeness (QED) is 0.0485. The number of aliphatic imine (C=N–C) groups is 1. The molecule has 0 radical (unpaired) electrons. The van der Waals surface area contributed by atoms with Crippen molar-refractivity contribution in [1.29, 1.82) is 0 Å². The van der Waals surface area contributed by atoms with Crippen molar-refractivity contribution in [2.75, 3.05) is 13.2 Å². The van der Waals surface area contributed by atoms with Crippen molar-refractivity contribution in [3.05, 3.63) is 102 Å². The fourth-order valence-corrected chi connectivity index (χ4v) is 6.75. The molecule has 5 rings (SSSR count).